The molecule has 0 spiro atoms. The van der Waals surface area contributed by atoms with Gasteiger partial charge in [0.05, 0.1) is 5.75 Å². The highest BCUT2D eigenvalue weighted by Crippen LogP contribution is 2.17. The molecule has 140 valence electrons. The second-order valence-electron chi connectivity index (χ2n) is 6.68. The van der Waals surface area contributed by atoms with Crippen LogP contribution in [-0.2, 0) is 22.2 Å². The van der Waals surface area contributed by atoms with E-state index in [0.29, 0.717) is 13.1 Å². The Bertz CT molecular complexity index is 804. The minimum atomic E-state index is -3.24. The lowest BCUT2D eigenvalue weighted by molar-refractivity contribution is 0.186. The molecule has 1 aliphatic heterocycles. The summed E-state index contributed by atoms with van der Waals surface area (Å²) in [5.74, 6) is 0.0837. The van der Waals surface area contributed by atoms with Crippen molar-refractivity contribution >= 4 is 21.6 Å². The molecule has 1 saturated heterocycles. The van der Waals surface area contributed by atoms with E-state index in [-0.39, 0.29) is 5.75 Å². The summed E-state index contributed by atoms with van der Waals surface area (Å²) < 4.78 is 26.8. The zero-order valence-electron chi connectivity index (χ0n) is 14.9. The third-order valence-corrected chi connectivity index (χ3v) is 7.01. The van der Waals surface area contributed by atoms with Crippen LogP contribution in [0.2, 0.25) is 5.02 Å². The smallest absolute Gasteiger partial charge is 0.218 e. The lowest BCUT2D eigenvalue weighted by Crippen LogP contribution is -2.49. The molecule has 1 aliphatic rings. The van der Waals surface area contributed by atoms with Gasteiger partial charge in [0.2, 0.25) is 10.0 Å². The van der Waals surface area contributed by atoms with Gasteiger partial charge in [0.15, 0.2) is 0 Å². The van der Waals surface area contributed by atoms with E-state index in [1.807, 2.05) is 48.5 Å². The predicted molar refractivity (Wildman–Crippen MR) is 107 cm³/mol. The largest absolute Gasteiger partial charge is 0.301 e. The molecule has 1 heterocycles. The lowest BCUT2D eigenvalue weighted by atomic mass is 10.1. The molecule has 2 aromatic carbocycles. The van der Waals surface area contributed by atoms with Crippen molar-refractivity contribution in [3.63, 3.8) is 0 Å². The molecule has 0 atom stereocenters. The van der Waals surface area contributed by atoms with E-state index in [9.17, 15) is 8.42 Å². The highest BCUT2D eigenvalue weighted by atomic mass is 35.5. The molecule has 0 aliphatic carbocycles. The van der Waals surface area contributed by atoms with Crippen LogP contribution < -0.4 is 0 Å². The Hall–Kier alpha value is -1.40. The molecule has 1 fully saturated rings. The number of halogens is 1. The van der Waals surface area contributed by atoms with Crippen LogP contribution in [0.5, 0.6) is 0 Å². The summed E-state index contributed by atoms with van der Waals surface area (Å²) in [6.45, 7) is 3.69. The number of nitrogens with zero attached hydrogens (tertiary/aromatic N) is 2. The van der Waals surface area contributed by atoms with Gasteiger partial charge in [-0.3, -0.25) is 0 Å². The van der Waals surface area contributed by atoms with Crippen LogP contribution in [0.3, 0.4) is 0 Å². The third-order valence-electron chi connectivity index (χ3n) is 4.79. The maximum absolute atomic E-state index is 12.6. The van der Waals surface area contributed by atoms with Crippen LogP contribution in [0.25, 0.3) is 0 Å². The summed E-state index contributed by atoms with van der Waals surface area (Å²) in [5, 5.41) is 0.823. The first kappa shape index (κ1) is 19.4. The molecule has 0 bridgehead atoms. The van der Waals surface area contributed by atoms with Crippen molar-refractivity contribution < 1.29 is 8.42 Å². The van der Waals surface area contributed by atoms with Gasteiger partial charge in [-0.1, -0.05) is 60.1 Å². The van der Waals surface area contributed by atoms with Crippen LogP contribution in [0.15, 0.2) is 54.6 Å². The van der Waals surface area contributed by atoms with Gasteiger partial charge in [-0.15, -0.1) is 0 Å². The molecule has 3 rings (SSSR count). The maximum atomic E-state index is 12.6. The summed E-state index contributed by atoms with van der Waals surface area (Å²) in [6, 6.07) is 17.3. The Kier molecular flexibility index (Phi) is 6.70. The van der Waals surface area contributed by atoms with Gasteiger partial charge in [0, 0.05) is 31.2 Å². The number of aryl methyl sites for hydroxylation is 1. The minimum absolute atomic E-state index is 0.0837. The zero-order chi connectivity index (χ0) is 18.4. The predicted octanol–water partition coefficient (Wildman–Crippen LogP) is 3.42. The first-order valence-corrected chi connectivity index (χ1v) is 11.0. The number of hydrogen-bond donors (Lipinski definition) is 0. The Balaban J connectivity index is 1.44. The summed E-state index contributed by atoms with van der Waals surface area (Å²) in [7, 11) is -3.24. The molecule has 26 heavy (non-hydrogen) atoms. The SMILES string of the molecule is O=S(=O)(Cc1ccccc1)N1CCN(CCCc2ccccc2Cl)CC1. The summed E-state index contributed by atoms with van der Waals surface area (Å²) in [4.78, 5) is 2.34. The van der Waals surface area contributed by atoms with E-state index >= 15 is 0 Å². The van der Waals surface area contributed by atoms with Crippen LogP contribution in [-0.4, -0.2) is 50.3 Å². The molecule has 0 radical (unpaired) electrons. The normalized spacial score (nSPS) is 16.7. The van der Waals surface area contributed by atoms with E-state index in [1.165, 1.54) is 5.56 Å². The molecule has 0 saturated carbocycles. The second-order valence-corrected chi connectivity index (χ2v) is 9.05. The molecule has 6 heteroatoms. The highest BCUT2D eigenvalue weighted by molar-refractivity contribution is 7.88. The van der Waals surface area contributed by atoms with Crippen LogP contribution in [0, 0.1) is 0 Å². The fourth-order valence-corrected chi connectivity index (χ4v) is 5.05. The van der Waals surface area contributed by atoms with Crippen LogP contribution in [0.1, 0.15) is 17.5 Å². The molecule has 0 unspecified atom stereocenters. The molecular weight excluding hydrogens is 368 g/mol. The van der Waals surface area contributed by atoms with Crippen molar-refractivity contribution in [3.8, 4) is 0 Å². The maximum Gasteiger partial charge on any atom is 0.218 e. The van der Waals surface area contributed by atoms with Crippen molar-refractivity contribution in [1.29, 1.82) is 0 Å². The topological polar surface area (TPSA) is 40.6 Å². The van der Waals surface area contributed by atoms with Crippen molar-refractivity contribution in [1.82, 2.24) is 9.21 Å². The summed E-state index contributed by atoms with van der Waals surface area (Å²) in [6.07, 6.45) is 1.98. The number of piperazine rings is 1. The summed E-state index contributed by atoms with van der Waals surface area (Å²) in [5.41, 5.74) is 2.02. The van der Waals surface area contributed by atoms with Gasteiger partial charge in [0.1, 0.15) is 0 Å². The average molecular weight is 393 g/mol. The van der Waals surface area contributed by atoms with Crippen molar-refractivity contribution in [2.45, 2.75) is 18.6 Å². The Labute approximate surface area is 161 Å². The van der Waals surface area contributed by atoms with E-state index in [1.54, 1.807) is 4.31 Å². The standard InChI is InChI=1S/C20H25ClN2O2S/c21-20-11-5-4-9-19(20)10-6-12-22-13-15-23(16-14-22)26(24,25)17-18-7-2-1-3-8-18/h1-5,7-9,11H,6,10,12-17H2. The molecule has 2 aromatic rings. The van der Waals surface area contributed by atoms with Crippen molar-refractivity contribution in [2.24, 2.45) is 0 Å². The van der Waals surface area contributed by atoms with E-state index in [0.717, 1.165) is 43.1 Å². The Morgan fingerprint density at radius 3 is 2.23 bits per heavy atom. The van der Waals surface area contributed by atoms with Crippen LogP contribution >= 0.6 is 11.6 Å². The van der Waals surface area contributed by atoms with Gasteiger partial charge in [-0.25, -0.2) is 8.42 Å². The number of rotatable bonds is 7. The summed E-state index contributed by atoms with van der Waals surface area (Å²) >= 11 is 6.19. The van der Waals surface area contributed by atoms with Gasteiger partial charge >= 0.3 is 0 Å². The van der Waals surface area contributed by atoms with Gasteiger partial charge in [-0.2, -0.15) is 4.31 Å². The van der Waals surface area contributed by atoms with E-state index < -0.39 is 10.0 Å². The quantitative estimate of drug-likeness (QED) is 0.724. The fourth-order valence-electron chi connectivity index (χ4n) is 3.30. The minimum Gasteiger partial charge on any atom is -0.301 e. The third kappa shape index (κ3) is 5.30. The molecule has 0 N–H and O–H groups in total. The molecular formula is C20H25ClN2O2S. The fraction of sp³-hybridized carbons (Fsp3) is 0.400. The molecule has 4 nitrogen and oxygen atoms in total. The van der Waals surface area contributed by atoms with Crippen molar-refractivity contribution in [3.05, 3.63) is 70.7 Å². The second kappa shape index (κ2) is 9.00. The van der Waals surface area contributed by atoms with Crippen molar-refractivity contribution in [2.75, 3.05) is 32.7 Å². The zero-order valence-corrected chi connectivity index (χ0v) is 16.4. The first-order chi connectivity index (χ1) is 12.5. The van der Waals surface area contributed by atoms with Gasteiger partial charge in [0.25, 0.3) is 0 Å². The van der Waals surface area contributed by atoms with Crippen LogP contribution in [0.4, 0.5) is 0 Å². The number of sulfonamides is 1. The first-order valence-electron chi connectivity index (χ1n) is 9.02. The lowest BCUT2D eigenvalue weighted by Gasteiger charge is -2.34. The Morgan fingerprint density at radius 1 is 0.885 bits per heavy atom. The van der Waals surface area contributed by atoms with E-state index in [4.69, 9.17) is 11.6 Å². The molecule has 0 amide bonds. The average Bonchev–Trinajstić information content (AvgIpc) is 2.64. The van der Waals surface area contributed by atoms with Gasteiger partial charge < -0.3 is 4.90 Å². The number of benzene rings is 2. The Morgan fingerprint density at radius 2 is 1.54 bits per heavy atom. The highest BCUT2D eigenvalue weighted by Gasteiger charge is 2.26. The van der Waals surface area contributed by atoms with Gasteiger partial charge in [-0.05, 0) is 36.6 Å². The number of hydrogen-bond acceptors (Lipinski definition) is 3. The monoisotopic (exact) mass is 392 g/mol. The molecule has 0 aromatic heterocycles. The van der Waals surface area contributed by atoms with E-state index in [2.05, 4.69) is 11.0 Å².